The quantitative estimate of drug-likeness (QED) is 0.328. The van der Waals surface area contributed by atoms with Crippen molar-refractivity contribution in [2.45, 2.75) is 7.25 Å². The summed E-state index contributed by atoms with van der Waals surface area (Å²) in [4.78, 5) is 0. The fourth-order valence-corrected chi connectivity index (χ4v) is 7.97. The minimum atomic E-state index is -0.542. The second-order valence-electron chi connectivity index (χ2n) is 7.72. The van der Waals surface area contributed by atoms with Crippen LogP contribution in [0.5, 0.6) is 11.5 Å². The van der Waals surface area contributed by atoms with Gasteiger partial charge in [0.2, 0.25) is 0 Å². The maximum absolute atomic E-state index is 10.3. The van der Waals surface area contributed by atoms with Crippen molar-refractivity contribution in [3.05, 3.63) is 144 Å². The molecule has 0 amide bonds. The first-order chi connectivity index (χ1) is 16.2. The van der Waals surface area contributed by atoms with Crippen molar-refractivity contribution in [1.82, 2.24) is 0 Å². The minimum absolute atomic E-state index is 0.0718. The van der Waals surface area contributed by atoms with Gasteiger partial charge >= 0.3 is 126 Å². The van der Waals surface area contributed by atoms with Crippen LogP contribution in [0.3, 0.4) is 0 Å². The topological polar surface area (TPSA) is 46.1 Å². The average molecular weight is 508 g/mol. The van der Waals surface area contributed by atoms with E-state index in [1.807, 2.05) is 12.1 Å². The summed E-state index contributed by atoms with van der Waals surface area (Å²) in [5.74, 6) is 0.144. The van der Waals surface area contributed by atoms with Crippen LogP contribution in [0.4, 0.5) is 0 Å². The Morgan fingerprint density at radius 3 is 1.18 bits per heavy atom. The van der Waals surface area contributed by atoms with E-state index in [1.165, 1.54) is 35.4 Å². The molecule has 160 valence electrons. The number of allylic oxidation sites excluding steroid dienone is 2. The Bertz CT molecular complexity index is 1120. The Balaban J connectivity index is 0.000000152. The molecule has 4 aromatic rings. The molecule has 33 heavy (non-hydrogen) atoms. The second-order valence-corrected chi connectivity index (χ2v) is 11.6. The molecule has 0 fully saturated rings. The molecule has 0 aromatic heterocycles. The summed E-state index contributed by atoms with van der Waals surface area (Å²) in [6.07, 6.45) is 9.49. The van der Waals surface area contributed by atoms with Gasteiger partial charge in [0, 0.05) is 0 Å². The number of hydrogen-bond acceptors (Lipinski definition) is 2. The van der Waals surface area contributed by atoms with Crippen molar-refractivity contribution in [1.29, 1.82) is 0 Å². The molecule has 2 aliphatic carbocycles. The van der Waals surface area contributed by atoms with E-state index in [-0.39, 0.29) is 11.5 Å². The van der Waals surface area contributed by atoms with E-state index in [9.17, 15) is 10.2 Å². The van der Waals surface area contributed by atoms with Crippen LogP contribution in [0.25, 0.3) is 12.2 Å². The Hall–Kier alpha value is -3.16. The number of para-hydroxylation sites is 2. The van der Waals surface area contributed by atoms with Crippen LogP contribution in [0.2, 0.25) is 0 Å². The standard InChI is InChI=1S/2C9H7.2C6H6O.Zr/c2*1-2-5-9-7-3-6-8(9)4-1;2*7-6-4-2-1-3-5-6;/h2*1-7H;2*1-5,7H;/q;;;;+2/p-2. The third kappa shape index (κ3) is 6.43. The van der Waals surface area contributed by atoms with Gasteiger partial charge in [0.05, 0.1) is 0 Å². The van der Waals surface area contributed by atoms with Gasteiger partial charge in [-0.3, -0.25) is 0 Å². The van der Waals surface area contributed by atoms with Crippen LogP contribution in [-0.2, 0) is 23.2 Å². The number of fused-ring (bicyclic) bond motifs is 2. The monoisotopic (exact) mass is 506 g/mol. The van der Waals surface area contributed by atoms with Crippen molar-refractivity contribution in [3.8, 4) is 11.5 Å². The average Bonchev–Trinajstić information content (AvgIpc) is 3.46. The van der Waals surface area contributed by atoms with E-state index in [0.29, 0.717) is 0 Å². The third-order valence-electron chi connectivity index (χ3n) is 5.44. The second kappa shape index (κ2) is 11.6. The zero-order valence-corrected chi connectivity index (χ0v) is 20.6. The predicted molar refractivity (Wildman–Crippen MR) is 128 cm³/mol. The largest absolute Gasteiger partial charge is 0.872 e. The molecule has 0 bridgehead atoms. The Morgan fingerprint density at radius 2 is 0.818 bits per heavy atom. The van der Waals surface area contributed by atoms with Crippen LogP contribution >= 0.6 is 0 Å². The zero-order valence-electron chi connectivity index (χ0n) is 18.2. The van der Waals surface area contributed by atoms with Crippen LogP contribution in [0.15, 0.2) is 121 Å². The van der Waals surface area contributed by atoms with Gasteiger partial charge in [-0.15, -0.1) is 11.5 Å². The maximum atomic E-state index is 10.3. The SMILES string of the molecule is C1=C[CH]([Zr+2][CH]2C=Cc3ccccc32)c2ccccc21.[O-]c1ccccc1.[O-]c1ccccc1. The Morgan fingerprint density at radius 1 is 0.455 bits per heavy atom. The normalized spacial score (nSPS) is 16.4. The summed E-state index contributed by atoms with van der Waals surface area (Å²) in [5.41, 5.74) is 5.99. The smallest absolute Gasteiger partial charge is 0.0623 e. The molecular formula is C30H24O2Zr. The summed E-state index contributed by atoms with van der Waals surface area (Å²) >= 11 is -0.542. The van der Waals surface area contributed by atoms with Gasteiger partial charge in [-0.1, -0.05) is 60.7 Å². The van der Waals surface area contributed by atoms with Crippen LogP contribution in [0, 0.1) is 0 Å². The molecule has 6 rings (SSSR count). The summed E-state index contributed by atoms with van der Waals surface area (Å²) in [5, 5.41) is 20.5. The molecule has 0 N–H and O–H groups in total. The number of hydrogen-bond donors (Lipinski definition) is 0. The minimum Gasteiger partial charge on any atom is -0.872 e. The molecule has 2 aliphatic rings. The maximum Gasteiger partial charge on any atom is -0.0623 e. The fraction of sp³-hybridized carbons (Fsp3) is 0.0667. The first-order valence-electron chi connectivity index (χ1n) is 10.9. The van der Waals surface area contributed by atoms with Crippen molar-refractivity contribution >= 4 is 12.2 Å². The van der Waals surface area contributed by atoms with Crippen LogP contribution in [0.1, 0.15) is 29.5 Å². The van der Waals surface area contributed by atoms with Gasteiger partial charge in [-0.05, 0) is 0 Å². The summed E-state index contributed by atoms with van der Waals surface area (Å²) in [6.45, 7) is 0. The molecular weight excluding hydrogens is 484 g/mol. The Labute approximate surface area is 207 Å². The number of rotatable bonds is 2. The fourth-order valence-electron chi connectivity index (χ4n) is 3.82. The molecule has 0 aliphatic heterocycles. The van der Waals surface area contributed by atoms with E-state index in [2.05, 4.69) is 72.8 Å². The van der Waals surface area contributed by atoms with Crippen molar-refractivity contribution in [2.24, 2.45) is 0 Å². The number of benzene rings is 4. The van der Waals surface area contributed by atoms with Gasteiger partial charge in [0.1, 0.15) is 0 Å². The molecule has 0 saturated carbocycles. The van der Waals surface area contributed by atoms with E-state index in [1.54, 1.807) is 35.4 Å². The van der Waals surface area contributed by atoms with E-state index in [0.717, 1.165) is 7.25 Å². The molecule has 2 atom stereocenters. The van der Waals surface area contributed by atoms with Gasteiger partial charge in [0.25, 0.3) is 0 Å². The van der Waals surface area contributed by atoms with E-state index < -0.39 is 23.2 Å². The van der Waals surface area contributed by atoms with Crippen molar-refractivity contribution in [3.63, 3.8) is 0 Å². The van der Waals surface area contributed by atoms with Crippen LogP contribution in [-0.4, -0.2) is 0 Å². The van der Waals surface area contributed by atoms with Crippen LogP contribution < -0.4 is 10.2 Å². The first kappa shape index (κ1) is 23.0. The third-order valence-corrected chi connectivity index (χ3v) is 9.68. The predicted octanol–water partition coefficient (Wildman–Crippen LogP) is 6.13. The van der Waals surface area contributed by atoms with Gasteiger partial charge in [0.15, 0.2) is 0 Å². The summed E-state index contributed by atoms with van der Waals surface area (Å²) in [7, 11) is 0. The molecule has 0 saturated heterocycles. The van der Waals surface area contributed by atoms with E-state index in [4.69, 9.17) is 0 Å². The molecule has 0 heterocycles. The first-order valence-corrected chi connectivity index (χ1v) is 13.8. The zero-order chi connectivity index (χ0) is 22.9. The molecule has 0 radical (unpaired) electrons. The summed E-state index contributed by atoms with van der Waals surface area (Å²) < 4.78 is 1.47. The molecule has 2 unspecified atom stereocenters. The van der Waals surface area contributed by atoms with E-state index >= 15 is 0 Å². The van der Waals surface area contributed by atoms with Crippen molar-refractivity contribution in [2.75, 3.05) is 0 Å². The van der Waals surface area contributed by atoms with Gasteiger partial charge in [-0.25, -0.2) is 0 Å². The van der Waals surface area contributed by atoms with Gasteiger partial charge in [-0.2, -0.15) is 0 Å². The molecule has 0 spiro atoms. The Kier molecular flexibility index (Phi) is 8.11. The van der Waals surface area contributed by atoms with Gasteiger partial charge < -0.3 is 10.2 Å². The van der Waals surface area contributed by atoms with Crippen molar-refractivity contribution < 1.29 is 33.4 Å². The molecule has 3 heteroatoms. The molecule has 2 nitrogen and oxygen atoms in total. The summed E-state index contributed by atoms with van der Waals surface area (Å²) in [6, 6.07) is 34.4. The molecule has 4 aromatic carbocycles.